The highest BCUT2D eigenvalue weighted by Gasteiger charge is 1.96. The second-order valence-corrected chi connectivity index (χ2v) is 2.90. The standard InChI is InChI=1S/C9H12N6O.2ClH/c10-8(11)7-3-1-2-6(4-7)5-13-14-9(12)15-16;;/h1-5,16H,(H3,10,11)(H3,12,14,15);2*1H. The van der Waals surface area contributed by atoms with Gasteiger partial charge in [0.15, 0.2) is 0 Å². The van der Waals surface area contributed by atoms with Crippen LogP contribution in [0.1, 0.15) is 11.1 Å². The van der Waals surface area contributed by atoms with E-state index in [0.717, 1.165) is 5.56 Å². The molecule has 0 aliphatic rings. The van der Waals surface area contributed by atoms with Crippen molar-refractivity contribution < 1.29 is 5.21 Å². The minimum absolute atomic E-state index is 0. The molecule has 1 rings (SSSR count). The van der Waals surface area contributed by atoms with Gasteiger partial charge in [-0.1, -0.05) is 18.2 Å². The number of nitrogens with two attached hydrogens (primary N) is 1. The predicted molar refractivity (Wildman–Crippen MR) is 75.3 cm³/mol. The molecule has 0 atom stereocenters. The molecule has 0 saturated carbocycles. The minimum atomic E-state index is -0.334. The zero-order chi connectivity index (χ0) is 12.0. The van der Waals surface area contributed by atoms with Gasteiger partial charge in [-0.2, -0.15) is 5.10 Å². The molecule has 0 bridgehead atoms. The van der Waals surface area contributed by atoms with Gasteiger partial charge in [0.2, 0.25) is 5.96 Å². The summed E-state index contributed by atoms with van der Waals surface area (Å²) in [7, 11) is 0. The monoisotopic (exact) mass is 292 g/mol. The third-order valence-electron chi connectivity index (χ3n) is 1.70. The van der Waals surface area contributed by atoms with E-state index in [1.165, 1.54) is 6.21 Å². The molecule has 1 aromatic rings. The maximum Gasteiger partial charge on any atom is 0.233 e. The Bertz CT molecular complexity index is 437. The van der Waals surface area contributed by atoms with Gasteiger partial charge in [-0.3, -0.25) is 16.0 Å². The average molecular weight is 293 g/mol. The lowest BCUT2D eigenvalue weighted by molar-refractivity contribution is 0.228. The summed E-state index contributed by atoms with van der Waals surface area (Å²) in [6, 6.07) is 6.91. The van der Waals surface area contributed by atoms with Crippen molar-refractivity contribution in [2.45, 2.75) is 0 Å². The van der Waals surface area contributed by atoms with E-state index >= 15 is 0 Å². The van der Waals surface area contributed by atoms with Crippen LogP contribution in [0.4, 0.5) is 0 Å². The molecule has 0 aromatic heterocycles. The maximum atomic E-state index is 8.29. The number of hydrazone groups is 1. The van der Waals surface area contributed by atoms with Gasteiger partial charge in [0.1, 0.15) is 5.84 Å². The lowest BCUT2D eigenvalue weighted by atomic mass is 10.1. The largest absolute Gasteiger partial charge is 0.384 e. The van der Waals surface area contributed by atoms with Crippen molar-refractivity contribution in [3.63, 3.8) is 0 Å². The molecule has 9 heteroatoms. The van der Waals surface area contributed by atoms with Gasteiger partial charge >= 0.3 is 0 Å². The summed E-state index contributed by atoms with van der Waals surface area (Å²) in [5.74, 6) is -0.355. The normalized spacial score (nSPS) is 8.94. The number of rotatable bonds is 3. The highest BCUT2D eigenvalue weighted by atomic mass is 35.5. The number of hydrogen-bond acceptors (Lipinski definition) is 4. The van der Waals surface area contributed by atoms with Crippen LogP contribution in [0, 0.1) is 10.8 Å². The van der Waals surface area contributed by atoms with Crippen LogP contribution < -0.4 is 16.6 Å². The fourth-order valence-electron chi connectivity index (χ4n) is 0.983. The number of nitrogen functional groups attached to an aromatic ring is 1. The van der Waals surface area contributed by atoms with E-state index in [1.54, 1.807) is 29.7 Å². The lowest BCUT2D eigenvalue weighted by Gasteiger charge is -2.00. The van der Waals surface area contributed by atoms with Crippen molar-refractivity contribution in [2.75, 3.05) is 0 Å². The van der Waals surface area contributed by atoms with Crippen LogP contribution in [0.25, 0.3) is 0 Å². The summed E-state index contributed by atoms with van der Waals surface area (Å²) >= 11 is 0. The molecule has 0 aliphatic carbocycles. The second-order valence-electron chi connectivity index (χ2n) is 2.90. The molecule has 0 radical (unpaired) electrons. The number of halogens is 2. The number of hydroxylamine groups is 1. The van der Waals surface area contributed by atoms with Crippen LogP contribution in [-0.4, -0.2) is 23.2 Å². The fraction of sp³-hybridized carbons (Fsp3) is 0. The Labute approximate surface area is 116 Å². The molecule has 7 nitrogen and oxygen atoms in total. The zero-order valence-electron chi connectivity index (χ0n) is 9.18. The first-order valence-electron chi connectivity index (χ1n) is 4.35. The highest BCUT2D eigenvalue weighted by Crippen LogP contribution is 2.01. The second kappa shape index (κ2) is 9.23. The van der Waals surface area contributed by atoms with E-state index in [4.69, 9.17) is 21.8 Å². The topological polar surface area (TPSA) is 130 Å². The van der Waals surface area contributed by atoms with Crippen molar-refractivity contribution in [1.29, 1.82) is 10.8 Å². The van der Waals surface area contributed by atoms with Gasteiger partial charge in [-0.25, -0.2) is 10.9 Å². The first-order chi connectivity index (χ1) is 7.63. The first kappa shape index (κ1) is 18.5. The van der Waals surface area contributed by atoms with Gasteiger partial charge in [-0.05, 0) is 11.6 Å². The Morgan fingerprint density at radius 2 is 2.00 bits per heavy atom. The molecule has 0 saturated heterocycles. The summed E-state index contributed by atoms with van der Waals surface area (Å²) in [4.78, 5) is 0. The molecule has 0 amide bonds. The van der Waals surface area contributed by atoms with E-state index in [2.05, 4.69) is 10.5 Å². The van der Waals surface area contributed by atoms with Crippen LogP contribution in [0.2, 0.25) is 0 Å². The van der Waals surface area contributed by atoms with Crippen LogP contribution in [0.3, 0.4) is 0 Å². The van der Waals surface area contributed by atoms with Gasteiger partial charge < -0.3 is 5.73 Å². The zero-order valence-corrected chi connectivity index (χ0v) is 10.8. The summed E-state index contributed by atoms with van der Waals surface area (Å²) in [5.41, 5.74) is 10.5. The van der Waals surface area contributed by atoms with Crippen LogP contribution in [0.15, 0.2) is 29.4 Å². The molecule has 0 heterocycles. The quantitative estimate of drug-likeness (QED) is 0.277. The van der Waals surface area contributed by atoms with E-state index in [1.807, 2.05) is 0 Å². The van der Waals surface area contributed by atoms with E-state index in [-0.39, 0.29) is 36.6 Å². The minimum Gasteiger partial charge on any atom is -0.384 e. The van der Waals surface area contributed by atoms with Gasteiger partial charge in [0, 0.05) is 5.56 Å². The van der Waals surface area contributed by atoms with Crippen molar-refractivity contribution in [3.8, 4) is 0 Å². The SMILES string of the molecule is Cl.Cl.N=C(NO)NN=Cc1cccc(C(=N)N)c1. The number of nitrogens with zero attached hydrogens (tertiary/aromatic N) is 1. The smallest absolute Gasteiger partial charge is 0.233 e. The van der Waals surface area contributed by atoms with Crippen LogP contribution >= 0.6 is 24.8 Å². The third kappa shape index (κ3) is 6.04. The molecule has 100 valence electrons. The molecule has 0 fully saturated rings. The van der Waals surface area contributed by atoms with Crippen LogP contribution in [-0.2, 0) is 0 Å². The van der Waals surface area contributed by atoms with E-state index in [9.17, 15) is 0 Å². The Kier molecular flexibility index (Phi) is 9.50. The summed E-state index contributed by atoms with van der Waals surface area (Å²) in [6.07, 6.45) is 1.44. The van der Waals surface area contributed by atoms with Crippen LogP contribution in [0.5, 0.6) is 0 Å². The molecule has 0 spiro atoms. The molecule has 1 aromatic carbocycles. The molecular weight excluding hydrogens is 279 g/mol. The van der Waals surface area contributed by atoms with E-state index in [0.29, 0.717) is 5.56 Å². The average Bonchev–Trinajstić information content (AvgIpc) is 2.29. The number of amidine groups is 1. The Hall–Kier alpha value is -1.83. The third-order valence-corrected chi connectivity index (χ3v) is 1.70. The lowest BCUT2D eigenvalue weighted by Crippen LogP contribution is -2.30. The summed E-state index contributed by atoms with van der Waals surface area (Å²) < 4.78 is 0. The number of guanidine groups is 1. The highest BCUT2D eigenvalue weighted by molar-refractivity contribution is 5.96. The molecule has 7 N–H and O–H groups in total. The van der Waals surface area contributed by atoms with Gasteiger partial charge in [0.25, 0.3) is 0 Å². The van der Waals surface area contributed by atoms with Crippen molar-refractivity contribution in [1.82, 2.24) is 10.9 Å². The maximum absolute atomic E-state index is 8.29. The molecular formula is C9H14Cl2N6O. The van der Waals surface area contributed by atoms with Gasteiger partial charge in [-0.15, -0.1) is 24.8 Å². The number of hydrogen-bond donors (Lipinski definition) is 6. The predicted octanol–water partition coefficient (Wildman–Crippen LogP) is 0.651. The molecule has 0 unspecified atom stereocenters. The Morgan fingerprint density at radius 1 is 1.33 bits per heavy atom. The summed E-state index contributed by atoms with van der Waals surface area (Å²) in [5, 5.41) is 26.2. The number of nitrogens with one attached hydrogen (secondary N) is 4. The Morgan fingerprint density at radius 3 is 2.56 bits per heavy atom. The van der Waals surface area contributed by atoms with Crippen molar-refractivity contribution in [3.05, 3.63) is 35.4 Å². The van der Waals surface area contributed by atoms with Crippen molar-refractivity contribution in [2.24, 2.45) is 10.8 Å². The van der Waals surface area contributed by atoms with Gasteiger partial charge in [0.05, 0.1) is 6.21 Å². The first-order valence-corrected chi connectivity index (χ1v) is 4.35. The molecule has 18 heavy (non-hydrogen) atoms. The number of benzene rings is 1. The fourth-order valence-corrected chi connectivity index (χ4v) is 0.983. The van der Waals surface area contributed by atoms with Crippen molar-refractivity contribution >= 4 is 42.8 Å². The Balaban J connectivity index is 0. The van der Waals surface area contributed by atoms with E-state index < -0.39 is 0 Å². The molecule has 0 aliphatic heterocycles. The summed E-state index contributed by atoms with van der Waals surface area (Å²) in [6.45, 7) is 0.